The number of fused-ring (bicyclic) bond motifs is 2. The van der Waals surface area contributed by atoms with Crippen molar-refractivity contribution in [3.8, 4) is 39.8 Å². The molecule has 0 fully saturated rings. The van der Waals surface area contributed by atoms with E-state index >= 15 is 4.39 Å². The van der Waals surface area contributed by atoms with E-state index in [0.29, 0.717) is 35.9 Å². The second-order valence-electron chi connectivity index (χ2n) is 17.5. The molecule has 32 heteroatoms. The summed E-state index contributed by atoms with van der Waals surface area (Å²) >= 11 is 3.11. The molecule has 2 atom stereocenters. The zero-order chi connectivity index (χ0) is 58.9. The molecular weight excluding hydrogens is 1260 g/mol. The Morgan fingerprint density at radius 3 is 1.56 bits per heavy atom. The number of pyridine rings is 2. The molecule has 6 heterocycles. The second-order valence-corrected chi connectivity index (χ2v) is 21.7. The monoisotopic (exact) mass is 1310 g/mol. The van der Waals surface area contributed by atoms with E-state index in [9.17, 15) is 48.4 Å². The Labute approximate surface area is 492 Å². The Kier molecular flexibility index (Phi) is 22.7. The van der Waals surface area contributed by atoms with Gasteiger partial charge in [-0.3, -0.25) is 28.2 Å². The summed E-state index contributed by atoms with van der Waals surface area (Å²) < 4.78 is 157. The molecule has 1 radical (unpaired) electrons. The zero-order valence-electron chi connectivity index (χ0n) is 44.3. The lowest BCUT2D eigenvalue weighted by Gasteiger charge is -2.30. The first-order chi connectivity index (χ1) is 39.2. The molecule has 2 aliphatic heterocycles. The summed E-state index contributed by atoms with van der Waals surface area (Å²) in [6, 6.07) is 27.6. The number of alkyl halides is 4. The number of benzene rings is 4. The summed E-state index contributed by atoms with van der Waals surface area (Å²) in [5.74, 6) is -0.480. The van der Waals surface area contributed by atoms with Crippen molar-refractivity contribution in [2.45, 2.75) is 38.8 Å². The van der Waals surface area contributed by atoms with Gasteiger partial charge in [-0.15, -0.1) is 10.2 Å². The van der Waals surface area contributed by atoms with Crippen LogP contribution in [0.3, 0.4) is 0 Å². The fraction of sp³-hybridized carbons (Fsp3) is 0.192. The maximum atomic E-state index is 15.4. The Balaban J connectivity index is 0.000000224. The topological polar surface area (TPSA) is 242 Å². The van der Waals surface area contributed by atoms with Gasteiger partial charge < -0.3 is 19.2 Å². The fourth-order valence-corrected chi connectivity index (χ4v) is 11.3. The molecule has 3 N–H and O–H groups in total. The molecule has 2 unspecified atom stereocenters. The summed E-state index contributed by atoms with van der Waals surface area (Å²) in [6.07, 6.45) is -2.00. The van der Waals surface area contributed by atoms with Gasteiger partial charge in [0.05, 0.1) is 30.1 Å². The molecule has 0 amide bonds. The molecule has 0 saturated heterocycles. The fourth-order valence-electron chi connectivity index (χ4n) is 8.70. The van der Waals surface area contributed by atoms with Gasteiger partial charge in [-0.05, 0) is 87.2 Å². The Morgan fingerprint density at radius 2 is 1.10 bits per heavy atom. The Morgan fingerprint density at radius 1 is 0.619 bits per heavy atom. The van der Waals surface area contributed by atoms with Gasteiger partial charge in [0.25, 0.3) is 24.0 Å². The van der Waals surface area contributed by atoms with Crippen LogP contribution in [0.25, 0.3) is 22.5 Å². The molecule has 0 saturated carbocycles. The predicted molar refractivity (Wildman–Crippen MR) is 315 cm³/mol. The van der Waals surface area contributed by atoms with E-state index in [1.54, 1.807) is 18.2 Å². The van der Waals surface area contributed by atoms with Crippen molar-refractivity contribution in [3.05, 3.63) is 204 Å². The molecule has 0 bridgehead atoms. The third-order valence-electron chi connectivity index (χ3n) is 12.5. The highest BCUT2D eigenvalue weighted by molar-refractivity contribution is 9.10. The van der Waals surface area contributed by atoms with Gasteiger partial charge in [-0.25, -0.2) is 26.3 Å². The van der Waals surface area contributed by atoms with Crippen LogP contribution >= 0.6 is 35.7 Å². The number of hydrogen-bond donors (Lipinski definition) is 3. The van der Waals surface area contributed by atoms with E-state index in [0.717, 1.165) is 12.1 Å². The molecule has 0 spiro atoms. The third kappa shape index (κ3) is 15.5. The molecule has 2 aliphatic rings. The van der Waals surface area contributed by atoms with Crippen molar-refractivity contribution >= 4 is 75.5 Å². The van der Waals surface area contributed by atoms with Crippen LogP contribution in [0.15, 0.2) is 148 Å². The van der Waals surface area contributed by atoms with E-state index < -0.39 is 50.5 Å². The van der Waals surface area contributed by atoms with Gasteiger partial charge in [0.15, 0.2) is 11.6 Å². The van der Waals surface area contributed by atoms with Gasteiger partial charge in [0, 0.05) is 104 Å². The SMILES string of the molecule is COc1cc(-c2cccc(C(F)F)c2)c(F)cc1-n1c2c(ccc1=O)CN(S(=O)(=O)Nc1cccnn1)CC2.COc1cc(Br)c(F)cc1-n1c2c(ccc1=O)CN(S(=O)(=O)Nc1cccnn1)CC2.O[B]Oc1cccc(C(F)F)c1.P.P. The van der Waals surface area contributed by atoms with Crippen molar-refractivity contribution in [1.29, 1.82) is 0 Å². The summed E-state index contributed by atoms with van der Waals surface area (Å²) in [4.78, 5) is 25.7. The molecule has 443 valence electrons. The van der Waals surface area contributed by atoms with Crippen LogP contribution in [0.1, 0.15) is 46.5 Å². The van der Waals surface area contributed by atoms with Crippen LogP contribution in [0.4, 0.5) is 38.0 Å². The molecule has 0 aliphatic carbocycles. The highest BCUT2D eigenvalue weighted by atomic mass is 79.9. The average Bonchev–Trinajstić information content (AvgIpc) is 1.29. The number of halogens is 7. The van der Waals surface area contributed by atoms with Crippen molar-refractivity contribution in [1.82, 2.24) is 38.1 Å². The maximum absolute atomic E-state index is 15.4. The number of nitrogens with zero attached hydrogens (tertiary/aromatic N) is 8. The maximum Gasteiger partial charge on any atom is 0.569 e. The van der Waals surface area contributed by atoms with E-state index in [1.165, 1.54) is 135 Å². The highest BCUT2D eigenvalue weighted by Gasteiger charge is 2.32. The first-order valence-corrected chi connectivity index (χ1v) is 27.8. The Bertz CT molecular complexity index is 3970. The summed E-state index contributed by atoms with van der Waals surface area (Å²) in [5.41, 5.74) is 1.67. The van der Waals surface area contributed by atoms with E-state index in [2.05, 4.69) is 50.4 Å². The predicted octanol–water partition coefficient (Wildman–Crippen LogP) is 7.99. The van der Waals surface area contributed by atoms with E-state index in [4.69, 9.17) is 14.5 Å². The highest BCUT2D eigenvalue weighted by Crippen LogP contribution is 2.36. The van der Waals surface area contributed by atoms with Crippen LogP contribution in [0.2, 0.25) is 0 Å². The third-order valence-corrected chi connectivity index (χ3v) is 16.0. The minimum Gasteiger partial charge on any atom is -0.537 e. The number of anilines is 2. The van der Waals surface area contributed by atoms with Crippen LogP contribution < -0.4 is 34.7 Å². The molecule has 4 aromatic carbocycles. The van der Waals surface area contributed by atoms with Crippen LogP contribution in [-0.4, -0.2) is 95.0 Å². The van der Waals surface area contributed by atoms with Crippen molar-refractivity contribution < 1.29 is 62.3 Å². The first kappa shape index (κ1) is 65.9. The van der Waals surface area contributed by atoms with Gasteiger partial charge >= 0.3 is 28.1 Å². The number of methoxy groups -OCH3 is 2. The van der Waals surface area contributed by atoms with Gasteiger partial charge in [-0.1, -0.05) is 42.5 Å². The quantitative estimate of drug-likeness (QED) is 0.0501. The molecule has 20 nitrogen and oxygen atoms in total. The van der Waals surface area contributed by atoms with E-state index in [-0.39, 0.29) is 126 Å². The lowest BCUT2D eigenvalue weighted by atomic mass is 10.0. The number of ether oxygens (including phenoxy) is 2. The number of nitrogens with one attached hydrogen (secondary N) is 2. The average molecular weight is 1310 g/mol. The van der Waals surface area contributed by atoms with Crippen LogP contribution in [-0.2, 0) is 46.3 Å². The standard InChI is InChI=1S/C26H22F3N5O4S.C19H17BrFN5O4S.C7H6BF2O2.2H3P/c1-38-23-13-19(16-4-2-5-17(12-16)26(28)29)20(27)14-22(23)34-21-9-11-33(15-18(21)7-8-25(34)35)39(36,37)32-24-6-3-10-30-31-24;1-30-17-9-13(20)14(21)10-16(17)26-15-6-8-25(11-12(15)4-5-19(26)27)31(28,29)24-18-3-2-7-22-23-18;9-7(10)5-2-1-3-6(4-5)12-8-11;;/h2-8,10,12-14,26H,9,11,15H2,1H3,(H,31,32);2-5,7,9-10H,6,8,11H2,1H3,(H,23,24);1-4,7,11H;2*1H3. The lowest BCUT2D eigenvalue weighted by Crippen LogP contribution is -2.41. The largest absolute Gasteiger partial charge is 0.569 e. The minimum absolute atomic E-state index is 0. The summed E-state index contributed by atoms with van der Waals surface area (Å²) in [5, 5.41) is 23.0. The number of rotatable bonds is 15. The van der Waals surface area contributed by atoms with Crippen LogP contribution in [0.5, 0.6) is 17.2 Å². The van der Waals surface area contributed by atoms with Gasteiger partial charge in [0.1, 0.15) is 28.9 Å². The molecule has 10 rings (SSSR count). The normalized spacial score (nSPS) is 13.0. The number of aromatic nitrogens is 6. The second kappa shape index (κ2) is 29.0. The van der Waals surface area contributed by atoms with Crippen molar-refractivity contribution in [2.75, 3.05) is 36.8 Å². The van der Waals surface area contributed by atoms with Gasteiger partial charge in [-0.2, -0.15) is 55.4 Å². The lowest BCUT2D eigenvalue weighted by molar-refractivity contribution is 0.151. The molecule has 4 aromatic heterocycles. The summed E-state index contributed by atoms with van der Waals surface area (Å²) in [6.45, 7) is 0.143. The molecule has 8 aromatic rings. The van der Waals surface area contributed by atoms with Crippen molar-refractivity contribution in [3.63, 3.8) is 0 Å². The smallest absolute Gasteiger partial charge is 0.537 e. The molecular formula is C52H51BBrF6N10O10P2S2. The van der Waals surface area contributed by atoms with Crippen LogP contribution in [0, 0.1) is 11.6 Å². The first-order valence-electron chi connectivity index (χ1n) is 24.1. The van der Waals surface area contributed by atoms with E-state index in [1.807, 2.05) is 0 Å². The Hall–Kier alpha value is -7.30. The van der Waals surface area contributed by atoms with Gasteiger partial charge in [0.2, 0.25) is 0 Å². The molecule has 84 heavy (non-hydrogen) atoms. The zero-order valence-corrected chi connectivity index (χ0v) is 50.3. The summed E-state index contributed by atoms with van der Waals surface area (Å²) in [7, 11) is -4.64. The minimum atomic E-state index is -3.98. The van der Waals surface area contributed by atoms with Crippen molar-refractivity contribution in [2.24, 2.45) is 0 Å². The number of hydrogen-bond acceptors (Lipinski definition) is 14.